The lowest BCUT2D eigenvalue weighted by Gasteiger charge is -2.14. The van der Waals surface area contributed by atoms with Crippen molar-refractivity contribution in [2.45, 2.75) is 17.2 Å². The molecule has 0 aliphatic carbocycles. The molecule has 0 spiro atoms. The Hall–Kier alpha value is -0.430. The Labute approximate surface area is 138 Å². The standard InChI is InChI=1S/C13H15Cl2NO3S2/c14-10-3-1-9(2-4-10)5-20-6-13(17)16-12-8-21(18,19)7-11(12)15/h1-4,11-12H,5-8H2,(H,16,17)/t11-,12+/m0/s1. The Bertz CT molecular complexity index is 604. The molecular weight excluding hydrogens is 353 g/mol. The zero-order valence-corrected chi connectivity index (χ0v) is 14.2. The van der Waals surface area contributed by atoms with Crippen molar-refractivity contribution in [2.75, 3.05) is 17.3 Å². The van der Waals surface area contributed by atoms with E-state index in [1.807, 2.05) is 12.1 Å². The van der Waals surface area contributed by atoms with E-state index in [2.05, 4.69) is 5.32 Å². The molecule has 0 saturated carbocycles. The second-order valence-corrected chi connectivity index (χ2v) is 9.02. The van der Waals surface area contributed by atoms with E-state index in [0.717, 1.165) is 5.56 Å². The molecule has 4 nitrogen and oxygen atoms in total. The first-order chi connectivity index (χ1) is 9.85. The minimum atomic E-state index is -3.12. The molecule has 1 N–H and O–H groups in total. The van der Waals surface area contributed by atoms with Crippen LogP contribution in [0.2, 0.25) is 5.02 Å². The summed E-state index contributed by atoms with van der Waals surface area (Å²) in [6.45, 7) is 0. The van der Waals surface area contributed by atoms with Gasteiger partial charge in [-0.05, 0) is 17.7 Å². The average Bonchev–Trinajstić information content (AvgIpc) is 2.64. The Morgan fingerprint density at radius 1 is 1.29 bits per heavy atom. The smallest absolute Gasteiger partial charge is 0.230 e. The molecule has 1 saturated heterocycles. The molecule has 0 bridgehead atoms. The zero-order valence-electron chi connectivity index (χ0n) is 11.1. The monoisotopic (exact) mass is 367 g/mol. The van der Waals surface area contributed by atoms with Gasteiger partial charge in [-0.25, -0.2) is 8.42 Å². The third-order valence-corrected chi connectivity index (χ3v) is 6.68. The number of amides is 1. The van der Waals surface area contributed by atoms with Crippen molar-refractivity contribution in [3.8, 4) is 0 Å². The van der Waals surface area contributed by atoms with Gasteiger partial charge < -0.3 is 5.32 Å². The predicted octanol–water partition coefficient (Wildman–Crippen LogP) is 2.09. The van der Waals surface area contributed by atoms with Gasteiger partial charge in [0.15, 0.2) is 9.84 Å². The van der Waals surface area contributed by atoms with Crippen molar-refractivity contribution >= 4 is 50.7 Å². The van der Waals surface area contributed by atoms with E-state index >= 15 is 0 Å². The lowest BCUT2D eigenvalue weighted by Crippen LogP contribution is -2.41. The van der Waals surface area contributed by atoms with Crippen molar-refractivity contribution < 1.29 is 13.2 Å². The second kappa shape index (κ2) is 7.22. The minimum Gasteiger partial charge on any atom is -0.350 e. The number of nitrogens with one attached hydrogen (secondary N) is 1. The molecule has 1 amide bonds. The van der Waals surface area contributed by atoms with Crippen molar-refractivity contribution in [2.24, 2.45) is 0 Å². The van der Waals surface area contributed by atoms with E-state index in [1.165, 1.54) is 11.8 Å². The summed E-state index contributed by atoms with van der Waals surface area (Å²) in [5, 5.41) is 2.82. The molecule has 1 fully saturated rings. The summed E-state index contributed by atoms with van der Waals surface area (Å²) in [7, 11) is -3.12. The topological polar surface area (TPSA) is 63.2 Å². The summed E-state index contributed by atoms with van der Waals surface area (Å²) in [6.07, 6.45) is 0. The summed E-state index contributed by atoms with van der Waals surface area (Å²) < 4.78 is 22.8. The molecule has 116 valence electrons. The van der Waals surface area contributed by atoms with Crippen LogP contribution in [0.25, 0.3) is 0 Å². The van der Waals surface area contributed by atoms with Gasteiger partial charge in [-0.15, -0.1) is 23.4 Å². The highest BCUT2D eigenvalue weighted by atomic mass is 35.5. The number of sulfone groups is 1. The molecule has 0 unspecified atom stereocenters. The maximum absolute atomic E-state index is 11.8. The number of thioether (sulfide) groups is 1. The van der Waals surface area contributed by atoms with Gasteiger partial charge in [0, 0.05) is 10.8 Å². The number of hydrogen-bond acceptors (Lipinski definition) is 4. The van der Waals surface area contributed by atoms with E-state index < -0.39 is 21.3 Å². The van der Waals surface area contributed by atoms with Crippen LogP contribution in [-0.2, 0) is 20.4 Å². The Balaban J connectivity index is 1.74. The normalized spacial score (nSPS) is 23.9. The van der Waals surface area contributed by atoms with Crippen LogP contribution >= 0.6 is 35.0 Å². The number of carbonyl (C=O) groups excluding carboxylic acids is 1. The molecule has 21 heavy (non-hydrogen) atoms. The van der Waals surface area contributed by atoms with E-state index in [9.17, 15) is 13.2 Å². The van der Waals surface area contributed by atoms with Gasteiger partial charge in [0.05, 0.1) is 28.7 Å². The maximum Gasteiger partial charge on any atom is 0.230 e. The fourth-order valence-electron chi connectivity index (χ4n) is 2.03. The molecule has 1 aromatic carbocycles. The Morgan fingerprint density at radius 3 is 2.52 bits per heavy atom. The van der Waals surface area contributed by atoms with Crippen LogP contribution in [0, 0.1) is 0 Å². The molecule has 2 atom stereocenters. The lowest BCUT2D eigenvalue weighted by atomic mass is 10.2. The minimum absolute atomic E-state index is 0.0720. The van der Waals surface area contributed by atoms with E-state index in [1.54, 1.807) is 12.1 Å². The maximum atomic E-state index is 11.8. The van der Waals surface area contributed by atoms with E-state index in [0.29, 0.717) is 10.8 Å². The van der Waals surface area contributed by atoms with Crippen LogP contribution in [-0.4, -0.2) is 43.0 Å². The first kappa shape index (κ1) is 16.9. The largest absolute Gasteiger partial charge is 0.350 e. The molecule has 1 aliphatic rings. The van der Waals surface area contributed by atoms with E-state index in [4.69, 9.17) is 23.2 Å². The molecule has 2 rings (SSSR count). The first-order valence-electron chi connectivity index (χ1n) is 6.32. The van der Waals surface area contributed by atoms with Crippen LogP contribution in [0.5, 0.6) is 0 Å². The lowest BCUT2D eigenvalue weighted by molar-refractivity contribution is -0.119. The van der Waals surface area contributed by atoms with Crippen LogP contribution in [0.3, 0.4) is 0 Å². The third kappa shape index (κ3) is 5.36. The van der Waals surface area contributed by atoms with Crippen molar-refractivity contribution in [3.63, 3.8) is 0 Å². The Kier molecular flexibility index (Phi) is 5.82. The van der Waals surface area contributed by atoms with Crippen LogP contribution < -0.4 is 5.32 Å². The summed E-state index contributed by atoms with van der Waals surface area (Å²) >= 11 is 13.2. The number of rotatable bonds is 5. The molecule has 1 aromatic rings. The number of halogens is 2. The fraction of sp³-hybridized carbons (Fsp3) is 0.462. The number of carbonyl (C=O) groups is 1. The number of hydrogen-bond donors (Lipinski definition) is 1. The van der Waals surface area contributed by atoms with Crippen LogP contribution in [0.4, 0.5) is 0 Å². The highest BCUT2D eigenvalue weighted by Crippen LogP contribution is 2.19. The Morgan fingerprint density at radius 2 is 1.95 bits per heavy atom. The first-order valence-corrected chi connectivity index (χ1v) is 10.1. The van der Waals surface area contributed by atoms with Gasteiger partial charge in [-0.1, -0.05) is 23.7 Å². The summed E-state index contributed by atoms with van der Waals surface area (Å²) in [6, 6.07) is 6.94. The zero-order chi connectivity index (χ0) is 15.5. The van der Waals surface area contributed by atoms with Crippen LogP contribution in [0.15, 0.2) is 24.3 Å². The van der Waals surface area contributed by atoms with Crippen molar-refractivity contribution in [3.05, 3.63) is 34.9 Å². The highest BCUT2D eigenvalue weighted by Gasteiger charge is 2.37. The summed E-state index contributed by atoms with van der Waals surface area (Å²) in [5.41, 5.74) is 1.08. The van der Waals surface area contributed by atoms with Gasteiger partial charge in [0.25, 0.3) is 0 Å². The number of benzene rings is 1. The van der Waals surface area contributed by atoms with Gasteiger partial charge in [0.1, 0.15) is 0 Å². The SMILES string of the molecule is O=C(CSCc1ccc(Cl)cc1)N[C@@H]1CS(=O)(=O)C[C@@H]1Cl. The molecule has 0 radical (unpaired) electrons. The molecular formula is C13H15Cl2NO3S2. The highest BCUT2D eigenvalue weighted by molar-refractivity contribution is 7.99. The quantitative estimate of drug-likeness (QED) is 0.809. The van der Waals surface area contributed by atoms with Gasteiger partial charge in [-0.2, -0.15) is 0 Å². The predicted molar refractivity (Wildman–Crippen MR) is 87.8 cm³/mol. The second-order valence-electron chi connectivity index (χ2n) is 4.89. The van der Waals surface area contributed by atoms with Gasteiger partial charge in [-0.3, -0.25) is 4.79 Å². The van der Waals surface area contributed by atoms with Crippen LogP contribution in [0.1, 0.15) is 5.56 Å². The fourth-order valence-corrected chi connectivity index (χ4v) is 5.50. The molecule has 8 heteroatoms. The molecule has 1 aliphatic heterocycles. The number of alkyl halides is 1. The van der Waals surface area contributed by atoms with Gasteiger partial charge >= 0.3 is 0 Å². The summed E-state index contributed by atoms with van der Waals surface area (Å²) in [4.78, 5) is 11.8. The van der Waals surface area contributed by atoms with E-state index in [-0.39, 0.29) is 23.2 Å². The third-order valence-electron chi connectivity index (χ3n) is 3.04. The van der Waals surface area contributed by atoms with Crippen molar-refractivity contribution in [1.29, 1.82) is 0 Å². The van der Waals surface area contributed by atoms with Crippen molar-refractivity contribution in [1.82, 2.24) is 5.32 Å². The molecule has 1 heterocycles. The molecule has 0 aromatic heterocycles. The summed E-state index contributed by atoms with van der Waals surface area (Å²) in [5.74, 6) is 0.619. The average molecular weight is 368 g/mol. The van der Waals surface area contributed by atoms with Gasteiger partial charge in [0.2, 0.25) is 5.91 Å².